The van der Waals surface area contributed by atoms with E-state index in [2.05, 4.69) is 0 Å². The average molecular weight is 421 g/mol. The molecule has 2 aliphatic heterocycles. The van der Waals surface area contributed by atoms with Crippen LogP contribution in [0.15, 0.2) is 54.1 Å². The lowest BCUT2D eigenvalue weighted by Crippen LogP contribution is -2.32. The van der Waals surface area contributed by atoms with Crippen LogP contribution in [0.5, 0.6) is 5.75 Å². The third-order valence-corrected chi connectivity index (χ3v) is 5.83. The number of hydrogen-bond acceptors (Lipinski definition) is 5. The Kier molecular flexibility index (Phi) is 5.83. The second-order valence-electron chi connectivity index (χ2n) is 8.52. The van der Waals surface area contributed by atoms with Crippen LogP contribution in [0.1, 0.15) is 36.1 Å². The largest absolute Gasteiger partial charge is 0.507 e. The van der Waals surface area contributed by atoms with E-state index in [-0.39, 0.29) is 17.4 Å². The standard InChI is InChI=1S/C25H28N2O4/c1-16-14-19-15-18(10-11-20(19)31-16)23(28)21-22(17-8-5-4-6-9-17)27(25(30)24(21)29)13-7-12-26(2)3/h4-6,8-11,15-16,22,28H,7,12-14H2,1-3H3/b23-21+. The van der Waals surface area contributed by atoms with E-state index >= 15 is 0 Å². The number of amides is 1. The fourth-order valence-electron chi connectivity index (χ4n) is 4.37. The molecule has 2 aromatic carbocycles. The van der Waals surface area contributed by atoms with Crippen LogP contribution in [-0.4, -0.2) is 59.9 Å². The van der Waals surface area contributed by atoms with Crippen LogP contribution in [-0.2, 0) is 16.0 Å². The molecule has 6 heteroatoms. The summed E-state index contributed by atoms with van der Waals surface area (Å²) in [6.45, 7) is 3.23. The van der Waals surface area contributed by atoms with Gasteiger partial charge in [0, 0.05) is 18.5 Å². The van der Waals surface area contributed by atoms with E-state index in [1.54, 1.807) is 11.0 Å². The predicted molar refractivity (Wildman–Crippen MR) is 119 cm³/mol. The van der Waals surface area contributed by atoms with Gasteiger partial charge in [0.15, 0.2) is 0 Å². The van der Waals surface area contributed by atoms with Gasteiger partial charge < -0.3 is 19.6 Å². The zero-order valence-corrected chi connectivity index (χ0v) is 18.2. The minimum atomic E-state index is -0.638. The maximum absolute atomic E-state index is 13.1. The second kappa shape index (κ2) is 8.55. The molecule has 2 aliphatic rings. The van der Waals surface area contributed by atoms with Gasteiger partial charge in [-0.15, -0.1) is 0 Å². The van der Waals surface area contributed by atoms with E-state index in [0.29, 0.717) is 12.1 Å². The van der Waals surface area contributed by atoms with Crippen molar-refractivity contribution in [2.75, 3.05) is 27.2 Å². The van der Waals surface area contributed by atoms with E-state index in [4.69, 9.17) is 4.74 Å². The molecule has 31 heavy (non-hydrogen) atoms. The Morgan fingerprint density at radius 1 is 1.16 bits per heavy atom. The molecular weight excluding hydrogens is 392 g/mol. The smallest absolute Gasteiger partial charge is 0.295 e. The Morgan fingerprint density at radius 3 is 2.61 bits per heavy atom. The summed E-state index contributed by atoms with van der Waals surface area (Å²) in [5.41, 5.74) is 2.48. The SMILES string of the molecule is CC1Cc2cc(/C(O)=C3\C(=O)C(=O)N(CCCN(C)C)C3c3ccccc3)ccc2O1. The number of fused-ring (bicyclic) bond motifs is 1. The molecule has 0 aliphatic carbocycles. The van der Waals surface area contributed by atoms with Gasteiger partial charge in [0.1, 0.15) is 17.6 Å². The van der Waals surface area contributed by atoms with Gasteiger partial charge in [0.05, 0.1) is 11.6 Å². The lowest BCUT2D eigenvalue weighted by atomic mass is 9.94. The molecule has 0 radical (unpaired) electrons. The lowest BCUT2D eigenvalue weighted by Gasteiger charge is -2.26. The van der Waals surface area contributed by atoms with Gasteiger partial charge >= 0.3 is 0 Å². The normalized spacial score (nSPS) is 22.1. The number of ether oxygens (including phenoxy) is 1. The van der Waals surface area contributed by atoms with Crippen molar-refractivity contribution < 1.29 is 19.4 Å². The number of aliphatic hydroxyl groups is 1. The molecule has 1 fully saturated rings. The summed E-state index contributed by atoms with van der Waals surface area (Å²) in [5, 5.41) is 11.2. The van der Waals surface area contributed by atoms with E-state index < -0.39 is 17.7 Å². The maximum Gasteiger partial charge on any atom is 0.295 e. The number of Topliss-reactive ketones (excluding diaryl/α,β-unsaturated/α-hetero) is 1. The fraction of sp³-hybridized carbons (Fsp3) is 0.360. The van der Waals surface area contributed by atoms with E-state index in [1.807, 2.05) is 68.4 Å². The number of benzene rings is 2. The Balaban J connectivity index is 1.76. The van der Waals surface area contributed by atoms with E-state index in [9.17, 15) is 14.7 Å². The number of rotatable bonds is 6. The molecule has 0 saturated carbocycles. The van der Waals surface area contributed by atoms with Crippen LogP contribution in [0.25, 0.3) is 5.76 Å². The van der Waals surface area contributed by atoms with Crippen molar-refractivity contribution in [2.45, 2.75) is 31.9 Å². The fourth-order valence-corrected chi connectivity index (χ4v) is 4.37. The highest BCUT2D eigenvalue weighted by Gasteiger charge is 2.45. The highest BCUT2D eigenvalue weighted by Crippen LogP contribution is 2.40. The summed E-state index contributed by atoms with van der Waals surface area (Å²) in [6.07, 6.45) is 1.56. The van der Waals surface area contributed by atoms with Gasteiger partial charge in [-0.05, 0) is 63.3 Å². The number of hydrogen-bond donors (Lipinski definition) is 1. The summed E-state index contributed by atoms with van der Waals surface area (Å²) >= 11 is 0. The first-order valence-electron chi connectivity index (χ1n) is 10.6. The average Bonchev–Trinajstić information content (AvgIpc) is 3.24. The minimum absolute atomic E-state index is 0.0824. The van der Waals surface area contributed by atoms with Crippen molar-refractivity contribution >= 4 is 17.4 Å². The number of nitrogens with zero attached hydrogens (tertiary/aromatic N) is 2. The third kappa shape index (κ3) is 4.08. The summed E-state index contributed by atoms with van der Waals surface area (Å²) < 4.78 is 5.75. The number of aliphatic hydroxyl groups excluding tert-OH is 1. The minimum Gasteiger partial charge on any atom is -0.507 e. The van der Waals surface area contributed by atoms with Gasteiger partial charge in [0.2, 0.25) is 0 Å². The molecule has 0 bridgehead atoms. The Labute approximate surface area is 182 Å². The van der Waals surface area contributed by atoms with Crippen molar-refractivity contribution in [1.29, 1.82) is 0 Å². The topological polar surface area (TPSA) is 70.1 Å². The summed E-state index contributed by atoms with van der Waals surface area (Å²) in [4.78, 5) is 29.6. The van der Waals surface area contributed by atoms with Gasteiger partial charge in [-0.25, -0.2) is 0 Å². The molecule has 1 N–H and O–H groups in total. The van der Waals surface area contributed by atoms with Crippen LogP contribution in [0.4, 0.5) is 0 Å². The zero-order chi connectivity index (χ0) is 22.1. The monoisotopic (exact) mass is 420 g/mol. The van der Waals surface area contributed by atoms with Crippen LogP contribution in [0.2, 0.25) is 0 Å². The highest BCUT2D eigenvalue weighted by molar-refractivity contribution is 6.46. The molecule has 6 nitrogen and oxygen atoms in total. The molecule has 1 saturated heterocycles. The first kappa shape index (κ1) is 21.1. The zero-order valence-electron chi connectivity index (χ0n) is 18.2. The summed E-state index contributed by atoms with van der Waals surface area (Å²) in [6, 6.07) is 14.2. The molecular formula is C25H28N2O4. The molecule has 2 heterocycles. The number of carbonyl (C=O) groups is 2. The number of ketones is 1. The van der Waals surface area contributed by atoms with Crippen molar-refractivity contribution in [2.24, 2.45) is 0 Å². The maximum atomic E-state index is 13.1. The predicted octanol–water partition coefficient (Wildman–Crippen LogP) is 3.38. The first-order chi connectivity index (χ1) is 14.9. The van der Waals surface area contributed by atoms with Gasteiger partial charge in [0.25, 0.3) is 11.7 Å². The van der Waals surface area contributed by atoms with Crippen molar-refractivity contribution in [3.63, 3.8) is 0 Å². The van der Waals surface area contributed by atoms with Gasteiger partial charge in [-0.1, -0.05) is 30.3 Å². The summed E-state index contributed by atoms with van der Waals surface area (Å²) in [5.74, 6) is -0.536. The highest BCUT2D eigenvalue weighted by atomic mass is 16.5. The quantitative estimate of drug-likeness (QED) is 0.441. The summed E-state index contributed by atoms with van der Waals surface area (Å²) in [7, 11) is 3.95. The molecule has 162 valence electrons. The van der Waals surface area contributed by atoms with Crippen molar-refractivity contribution in [1.82, 2.24) is 9.80 Å². The Hall–Kier alpha value is -3.12. The molecule has 0 spiro atoms. The van der Waals surface area contributed by atoms with Gasteiger partial charge in [-0.3, -0.25) is 9.59 Å². The Bertz CT molecular complexity index is 1030. The third-order valence-electron chi connectivity index (χ3n) is 5.83. The van der Waals surface area contributed by atoms with Crippen LogP contribution < -0.4 is 4.74 Å². The first-order valence-corrected chi connectivity index (χ1v) is 10.6. The van der Waals surface area contributed by atoms with Crippen LogP contribution in [0, 0.1) is 0 Å². The van der Waals surface area contributed by atoms with Crippen molar-refractivity contribution in [3.8, 4) is 5.75 Å². The van der Waals surface area contributed by atoms with Gasteiger partial charge in [-0.2, -0.15) is 0 Å². The molecule has 1 amide bonds. The van der Waals surface area contributed by atoms with Crippen LogP contribution in [0.3, 0.4) is 0 Å². The van der Waals surface area contributed by atoms with Crippen molar-refractivity contribution in [3.05, 3.63) is 70.8 Å². The molecule has 4 rings (SSSR count). The second-order valence-corrected chi connectivity index (χ2v) is 8.52. The molecule has 2 atom stereocenters. The number of carbonyl (C=O) groups excluding carboxylic acids is 2. The number of likely N-dealkylation sites (tertiary alicyclic amines) is 1. The van der Waals surface area contributed by atoms with E-state index in [1.165, 1.54) is 0 Å². The molecule has 2 aromatic rings. The Morgan fingerprint density at radius 2 is 1.90 bits per heavy atom. The molecule has 2 unspecified atom stereocenters. The van der Waals surface area contributed by atoms with Crippen LogP contribution >= 0.6 is 0 Å². The molecule has 0 aromatic heterocycles. The lowest BCUT2D eigenvalue weighted by molar-refractivity contribution is -0.139. The van der Waals surface area contributed by atoms with E-state index in [0.717, 1.165) is 36.3 Å².